The number of allylic oxidation sites excluding steroid dienone is 1. The van der Waals surface area contributed by atoms with E-state index >= 15 is 0 Å². The number of rotatable bonds is 3. The average molecular weight is 219 g/mol. The number of aryl methyl sites for hydroxylation is 1. The average Bonchev–Trinajstić information content (AvgIpc) is 2.33. The maximum Gasteiger partial charge on any atom is 0.251 e. The van der Waals surface area contributed by atoms with Gasteiger partial charge < -0.3 is 5.32 Å². The van der Waals surface area contributed by atoms with Crippen molar-refractivity contribution < 1.29 is 4.79 Å². The lowest BCUT2D eigenvalue weighted by Gasteiger charge is -2.02. The van der Waals surface area contributed by atoms with Crippen molar-refractivity contribution >= 4 is 5.91 Å². The van der Waals surface area contributed by atoms with Gasteiger partial charge in [0.1, 0.15) is 0 Å². The minimum Gasteiger partial charge on any atom is -0.349 e. The fraction of sp³-hybridized carbons (Fsp3) is 0.357. The first kappa shape index (κ1) is 14.4. The van der Waals surface area contributed by atoms with E-state index in [0.717, 1.165) is 5.56 Å². The van der Waals surface area contributed by atoms with Gasteiger partial charge in [0, 0.05) is 12.1 Å². The van der Waals surface area contributed by atoms with Gasteiger partial charge in [-0.3, -0.25) is 4.79 Å². The van der Waals surface area contributed by atoms with Crippen LogP contribution in [0.5, 0.6) is 0 Å². The third-order valence-electron chi connectivity index (χ3n) is 1.93. The lowest BCUT2D eigenvalue weighted by atomic mass is 10.1. The zero-order chi connectivity index (χ0) is 12.4. The quantitative estimate of drug-likeness (QED) is 0.776. The molecule has 1 N–H and O–H groups in total. The van der Waals surface area contributed by atoms with Crippen molar-refractivity contribution in [2.75, 3.05) is 6.54 Å². The van der Waals surface area contributed by atoms with Gasteiger partial charge in [0.25, 0.3) is 5.91 Å². The molecule has 0 bridgehead atoms. The number of carbonyl (C=O) groups is 1. The van der Waals surface area contributed by atoms with Crippen LogP contribution in [0.2, 0.25) is 0 Å². The fourth-order valence-electron chi connectivity index (χ4n) is 1.08. The number of amides is 1. The number of hydrogen-bond acceptors (Lipinski definition) is 1. The van der Waals surface area contributed by atoms with Crippen LogP contribution in [-0.4, -0.2) is 12.5 Å². The van der Waals surface area contributed by atoms with Crippen molar-refractivity contribution in [2.45, 2.75) is 27.7 Å². The van der Waals surface area contributed by atoms with Crippen LogP contribution in [0, 0.1) is 6.92 Å². The maximum atomic E-state index is 11.5. The first-order chi connectivity index (χ1) is 7.74. The van der Waals surface area contributed by atoms with E-state index < -0.39 is 0 Å². The second-order valence-corrected chi connectivity index (χ2v) is 3.15. The minimum atomic E-state index is -0.0249. The molecule has 0 aliphatic carbocycles. The largest absolute Gasteiger partial charge is 0.349 e. The van der Waals surface area contributed by atoms with Crippen LogP contribution >= 0.6 is 0 Å². The Kier molecular flexibility index (Phi) is 7.86. The first-order valence-corrected chi connectivity index (χ1v) is 5.70. The van der Waals surface area contributed by atoms with Gasteiger partial charge in [-0.1, -0.05) is 43.7 Å². The van der Waals surface area contributed by atoms with E-state index in [0.29, 0.717) is 12.1 Å². The molecule has 0 aliphatic rings. The molecule has 0 heterocycles. The summed E-state index contributed by atoms with van der Waals surface area (Å²) < 4.78 is 0. The molecule has 0 fully saturated rings. The molecule has 0 unspecified atom stereocenters. The Labute approximate surface area is 98.4 Å². The maximum absolute atomic E-state index is 11.5. The molecule has 1 rings (SSSR count). The van der Waals surface area contributed by atoms with E-state index in [1.807, 2.05) is 64.1 Å². The van der Waals surface area contributed by atoms with Crippen molar-refractivity contribution in [3.8, 4) is 0 Å². The molecule has 0 saturated carbocycles. The number of carbonyl (C=O) groups excluding carboxylic acids is 1. The number of hydrogen-bond donors (Lipinski definition) is 1. The van der Waals surface area contributed by atoms with Crippen molar-refractivity contribution in [3.05, 3.63) is 47.5 Å². The third-order valence-corrected chi connectivity index (χ3v) is 1.93. The van der Waals surface area contributed by atoms with E-state index in [1.165, 1.54) is 0 Å². The predicted octanol–water partition coefficient (Wildman–Crippen LogP) is 3.33. The van der Waals surface area contributed by atoms with Crippen LogP contribution in [0.1, 0.15) is 36.7 Å². The zero-order valence-corrected chi connectivity index (χ0v) is 10.6. The Morgan fingerprint density at radius 3 is 2.31 bits per heavy atom. The Hall–Kier alpha value is -1.57. The molecule has 1 aromatic rings. The summed E-state index contributed by atoms with van der Waals surface area (Å²) in [6.45, 7) is 8.52. The van der Waals surface area contributed by atoms with Gasteiger partial charge >= 0.3 is 0 Å². The molecule has 16 heavy (non-hydrogen) atoms. The topological polar surface area (TPSA) is 29.1 Å². The Morgan fingerprint density at radius 1 is 1.25 bits per heavy atom. The summed E-state index contributed by atoms with van der Waals surface area (Å²) in [5.41, 5.74) is 1.87. The van der Waals surface area contributed by atoms with Gasteiger partial charge in [0.15, 0.2) is 0 Å². The molecular formula is C14H21NO. The third kappa shape index (κ3) is 5.35. The summed E-state index contributed by atoms with van der Waals surface area (Å²) in [6, 6.07) is 7.54. The highest BCUT2D eigenvalue weighted by molar-refractivity contribution is 5.94. The molecule has 0 aliphatic heterocycles. The molecule has 88 valence electrons. The molecule has 0 radical (unpaired) electrons. The number of nitrogens with one attached hydrogen (secondary N) is 1. The molecule has 2 heteroatoms. The molecule has 1 aromatic carbocycles. The summed E-state index contributed by atoms with van der Waals surface area (Å²) in [5, 5.41) is 2.79. The summed E-state index contributed by atoms with van der Waals surface area (Å²) >= 11 is 0. The van der Waals surface area contributed by atoms with Crippen LogP contribution in [-0.2, 0) is 0 Å². The lowest BCUT2D eigenvalue weighted by molar-refractivity contribution is 0.0958. The predicted molar refractivity (Wildman–Crippen MR) is 69.7 cm³/mol. The second-order valence-electron chi connectivity index (χ2n) is 3.15. The first-order valence-electron chi connectivity index (χ1n) is 5.70. The smallest absolute Gasteiger partial charge is 0.251 e. The van der Waals surface area contributed by atoms with Gasteiger partial charge in [-0.05, 0) is 26.0 Å². The van der Waals surface area contributed by atoms with E-state index in [1.54, 1.807) is 0 Å². The highest BCUT2D eigenvalue weighted by Gasteiger charge is 2.01. The summed E-state index contributed by atoms with van der Waals surface area (Å²) in [5.74, 6) is -0.0249. The molecule has 0 aromatic heterocycles. The highest BCUT2D eigenvalue weighted by atomic mass is 16.1. The minimum absolute atomic E-state index is 0.0249. The van der Waals surface area contributed by atoms with Gasteiger partial charge in [-0.15, -0.1) is 0 Å². The van der Waals surface area contributed by atoms with Gasteiger partial charge in [-0.25, -0.2) is 0 Å². The van der Waals surface area contributed by atoms with Gasteiger partial charge in [0.05, 0.1) is 0 Å². The van der Waals surface area contributed by atoms with Crippen LogP contribution in [0.25, 0.3) is 0 Å². The lowest BCUT2D eigenvalue weighted by Crippen LogP contribution is -2.23. The van der Waals surface area contributed by atoms with Gasteiger partial charge in [0.2, 0.25) is 0 Å². The highest BCUT2D eigenvalue weighted by Crippen LogP contribution is 2.02. The van der Waals surface area contributed by atoms with Crippen molar-refractivity contribution in [3.63, 3.8) is 0 Å². The van der Waals surface area contributed by atoms with Crippen LogP contribution < -0.4 is 5.32 Å². The zero-order valence-electron chi connectivity index (χ0n) is 10.6. The van der Waals surface area contributed by atoms with Crippen molar-refractivity contribution in [1.82, 2.24) is 5.32 Å². The van der Waals surface area contributed by atoms with E-state index in [4.69, 9.17) is 0 Å². The van der Waals surface area contributed by atoms with Crippen LogP contribution in [0.3, 0.4) is 0 Å². The van der Waals surface area contributed by atoms with Crippen LogP contribution in [0.4, 0.5) is 0 Å². The molecule has 0 atom stereocenters. The Morgan fingerprint density at radius 2 is 1.81 bits per heavy atom. The Balaban J connectivity index is 0.00000106. The number of benzene rings is 1. The fourth-order valence-corrected chi connectivity index (χ4v) is 1.08. The molecule has 0 spiro atoms. The Bertz CT molecular complexity index is 325. The summed E-state index contributed by atoms with van der Waals surface area (Å²) in [7, 11) is 0. The summed E-state index contributed by atoms with van der Waals surface area (Å²) in [4.78, 5) is 11.5. The van der Waals surface area contributed by atoms with E-state index in [-0.39, 0.29) is 5.91 Å². The molecule has 2 nitrogen and oxygen atoms in total. The van der Waals surface area contributed by atoms with Gasteiger partial charge in [-0.2, -0.15) is 0 Å². The van der Waals surface area contributed by atoms with E-state index in [2.05, 4.69) is 5.32 Å². The summed E-state index contributed by atoms with van der Waals surface area (Å²) in [6.07, 6.45) is 3.82. The normalized spacial score (nSPS) is 9.50. The van der Waals surface area contributed by atoms with Crippen LogP contribution in [0.15, 0.2) is 36.4 Å². The van der Waals surface area contributed by atoms with E-state index in [9.17, 15) is 4.79 Å². The SMILES string of the molecule is C/C=C/CNC(=O)c1ccc(C)cc1.CC. The molecule has 0 saturated heterocycles. The van der Waals surface area contributed by atoms with Crippen molar-refractivity contribution in [1.29, 1.82) is 0 Å². The van der Waals surface area contributed by atoms with Crippen molar-refractivity contribution in [2.24, 2.45) is 0 Å². The molecular weight excluding hydrogens is 198 g/mol. The standard InChI is InChI=1S/C12H15NO.C2H6/c1-3-4-9-13-12(14)11-7-5-10(2)6-8-11;1-2/h3-8H,9H2,1-2H3,(H,13,14);1-2H3/b4-3+;. The second kappa shape index (κ2) is 8.72. The monoisotopic (exact) mass is 219 g/mol. The molecule has 1 amide bonds.